The van der Waals surface area contributed by atoms with Crippen molar-refractivity contribution >= 4 is 11.9 Å². The topological polar surface area (TPSA) is 55.8 Å². The minimum Gasteiger partial charge on any atom is -0.466 e. The van der Waals surface area contributed by atoms with Crippen molar-refractivity contribution in [3.63, 3.8) is 0 Å². The van der Waals surface area contributed by atoms with Crippen LogP contribution in [0.4, 0.5) is 0 Å². The Kier molecular flexibility index (Phi) is 24.2. The molecule has 5 heteroatoms. The molecular weight excluding hydrogens is 426 g/mol. The zero-order chi connectivity index (χ0) is 25.3. The molecule has 0 aromatic heterocycles. The molecule has 0 radical (unpaired) electrons. The summed E-state index contributed by atoms with van der Waals surface area (Å²) in [6.07, 6.45) is 21.3. The van der Waals surface area contributed by atoms with E-state index in [2.05, 4.69) is 18.7 Å². The molecule has 0 bridgehead atoms. The molecule has 1 unspecified atom stereocenters. The summed E-state index contributed by atoms with van der Waals surface area (Å²) in [5.41, 5.74) is 0. The molecule has 5 nitrogen and oxygen atoms in total. The van der Waals surface area contributed by atoms with E-state index in [4.69, 9.17) is 9.47 Å². The van der Waals surface area contributed by atoms with Crippen LogP contribution in [0.25, 0.3) is 0 Å². The smallest absolute Gasteiger partial charge is 0.306 e. The fourth-order valence-electron chi connectivity index (χ4n) is 4.16. The Balaban J connectivity index is 3.97. The zero-order valence-corrected chi connectivity index (χ0v) is 23.2. The van der Waals surface area contributed by atoms with Crippen LogP contribution < -0.4 is 0 Å². The number of carbonyl (C=O) groups excluding carboxylic acids is 2. The number of carbonyl (C=O) groups is 2. The summed E-state index contributed by atoms with van der Waals surface area (Å²) < 4.78 is 11.2. The summed E-state index contributed by atoms with van der Waals surface area (Å²) >= 11 is 0. The van der Waals surface area contributed by atoms with Crippen LogP contribution in [0.5, 0.6) is 0 Å². The lowest BCUT2D eigenvalue weighted by Crippen LogP contribution is -2.20. The maximum absolute atomic E-state index is 12.3. The van der Waals surface area contributed by atoms with E-state index in [1.165, 1.54) is 64.2 Å². The van der Waals surface area contributed by atoms with Gasteiger partial charge in [0.25, 0.3) is 0 Å². The van der Waals surface area contributed by atoms with E-state index in [9.17, 15) is 9.59 Å². The van der Waals surface area contributed by atoms with E-state index in [1.807, 2.05) is 14.1 Å². The summed E-state index contributed by atoms with van der Waals surface area (Å²) in [5, 5.41) is 0. The fraction of sp³-hybridized carbons (Fsp3) is 0.931. The molecule has 0 heterocycles. The molecule has 0 aliphatic carbocycles. The van der Waals surface area contributed by atoms with E-state index in [-0.39, 0.29) is 18.0 Å². The SMILES string of the molecule is CCCCCCCCCCOC(=O)CCCCC(CCCCCCC)OC(=O)CCCN(C)C. The van der Waals surface area contributed by atoms with Gasteiger partial charge in [-0.3, -0.25) is 9.59 Å². The minimum absolute atomic E-state index is 0.0122. The second-order valence-electron chi connectivity index (χ2n) is 10.2. The van der Waals surface area contributed by atoms with Crippen molar-refractivity contribution in [1.29, 1.82) is 0 Å². The molecule has 0 aromatic rings. The second-order valence-corrected chi connectivity index (χ2v) is 10.2. The quantitative estimate of drug-likeness (QED) is 0.0977. The standard InChI is InChI=1S/C29H57NO4/c1-5-7-9-11-12-13-15-19-26-33-28(31)23-18-17-22-27(21-16-14-10-8-6-2)34-29(32)24-20-25-30(3)4/h27H,5-26H2,1-4H3. The lowest BCUT2D eigenvalue weighted by Gasteiger charge is -2.18. The predicted octanol–water partition coefficient (Wildman–Crippen LogP) is 7.84. The maximum atomic E-state index is 12.3. The summed E-state index contributed by atoms with van der Waals surface area (Å²) in [7, 11) is 4.04. The molecular formula is C29H57NO4. The molecule has 0 aliphatic heterocycles. The molecule has 0 amide bonds. The van der Waals surface area contributed by atoms with Gasteiger partial charge in [-0.15, -0.1) is 0 Å². The van der Waals surface area contributed by atoms with Gasteiger partial charge in [0.15, 0.2) is 0 Å². The van der Waals surface area contributed by atoms with E-state index in [0.717, 1.165) is 57.9 Å². The Morgan fingerprint density at radius 1 is 0.618 bits per heavy atom. The Morgan fingerprint density at radius 3 is 1.71 bits per heavy atom. The highest BCUT2D eigenvalue weighted by Gasteiger charge is 2.15. The minimum atomic E-state index is -0.0836. The number of rotatable bonds is 25. The first-order valence-electron chi connectivity index (χ1n) is 14.5. The molecule has 202 valence electrons. The number of nitrogens with zero attached hydrogens (tertiary/aromatic N) is 1. The highest BCUT2D eigenvalue weighted by Crippen LogP contribution is 2.17. The van der Waals surface area contributed by atoms with E-state index >= 15 is 0 Å². The first-order valence-corrected chi connectivity index (χ1v) is 14.5. The number of unbranched alkanes of at least 4 members (excludes halogenated alkanes) is 12. The lowest BCUT2D eigenvalue weighted by atomic mass is 10.0. The van der Waals surface area contributed by atoms with Crippen LogP contribution in [0.3, 0.4) is 0 Å². The third-order valence-electron chi connectivity index (χ3n) is 6.33. The number of esters is 2. The molecule has 34 heavy (non-hydrogen) atoms. The van der Waals surface area contributed by atoms with Crippen LogP contribution in [0, 0.1) is 0 Å². The first-order chi connectivity index (χ1) is 16.5. The summed E-state index contributed by atoms with van der Waals surface area (Å²) in [6.45, 7) is 5.92. The van der Waals surface area contributed by atoms with Crippen LogP contribution in [0.2, 0.25) is 0 Å². The van der Waals surface area contributed by atoms with Crippen LogP contribution in [0.1, 0.15) is 142 Å². The zero-order valence-electron chi connectivity index (χ0n) is 23.2. The highest BCUT2D eigenvalue weighted by atomic mass is 16.5. The van der Waals surface area contributed by atoms with Crippen molar-refractivity contribution < 1.29 is 19.1 Å². The third kappa shape index (κ3) is 24.0. The number of hydrogen-bond donors (Lipinski definition) is 0. The molecule has 0 N–H and O–H groups in total. The highest BCUT2D eigenvalue weighted by molar-refractivity contribution is 5.69. The van der Waals surface area contributed by atoms with Gasteiger partial charge in [-0.2, -0.15) is 0 Å². The van der Waals surface area contributed by atoms with Crippen molar-refractivity contribution in [2.45, 2.75) is 148 Å². The molecule has 0 spiro atoms. The van der Waals surface area contributed by atoms with Crippen LogP contribution in [-0.4, -0.2) is 50.2 Å². The van der Waals surface area contributed by atoms with Crippen LogP contribution in [-0.2, 0) is 19.1 Å². The Labute approximate surface area is 211 Å². The van der Waals surface area contributed by atoms with Gasteiger partial charge < -0.3 is 14.4 Å². The van der Waals surface area contributed by atoms with Gasteiger partial charge in [0, 0.05) is 12.8 Å². The first kappa shape index (κ1) is 32.9. The predicted molar refractivity (Wildman–Crippen MR) is 143 cm³/mol. The van der Waals surface area contributed by atoms with Crippen LogP contribution in [0.15, 0.2) is 0 Å². The monoisotopic (exact) mass is 483 g/mol. The average Bonchev–Trinajstić information content (AvgIpc) is 2.80. The number of ether oxygens (including phenoxy) is 2. The largest absolute Gasteiger partial charge is 0.466 e. The fourth-order valence-corrected chi connectivity index (χ4v) is 4.16. The Morgan fingerprint density at radius 2 is 1.12 bits per heavy atom. The lowest BCUT2D eigenvalue weighted by molar-refractivity contribution is -0.150. The molecule has 0 saturated carbocycles. The molecule has 1 atom stereocenters. The van der Waals surface area contributed by atoms with Gasteiger partial charge in [-0.25, -0.2) is 0 Å². The molecule has 0 rings (SSSR count). The van der Waals surface area contributed by atoms with Crippen molar-refractivity contribution in [1.82, 2.24) is 4.90 Å². The van der Waals surface area contributed by atoms with Crippen molar-refractivity contribution in [2.75, 3.05) is 27.2 Å². The second kappa shape index (κ2) is 25.0. The Bertz CT molecular complexity index is 467. The van der Waals surface area contributed by atoms with E-state index < -0.39 is 0 Å². The van der Waals surface area contributed by atoms with E-state index in [0.29, 0.717) is 19.4 Å². The van der Waals surface area contributed by atoms with Gasteiger partial charge in [0.2, 0.25) is 0 Å². The van der Waals surface area contributed by atoms with Gasteiger partial charge >= 0.3 is 11.9 Å². The van der Waals surface area contributed by atoms with Crippen molar-refractivity contribution in [3.8, 4) is 0 Å². The van der Waals surface area contributed by atoms with Gasteiger partial charge in [-0.05, 0) is 65.6 Å². The van der Waals surface area contributed by atoms with Crippen molar-refractivity contribution in [2.24, 2.45) is 0 Å². The third-order valence-corrected chi connectivity index (χ3v) is 6.33. The van der Waals surface area contributed by atoms with Gasteiger partial charge in [0.1, 0.15) is 6.10 Å². The molecule has 0 saturated heterocycles. The molecule has 0 fully saturated rings. The summed E-state index contributed by atoms with van der Waals surface area (Å²) in [5.74, 6) is -0.162. The summed E-state index contributed by atoms with van der Waals surface area (Å²) in [6, 6.07) is 0. The van der Waals surface area contributed by atoms with Crippen molar-refractivity contribution in [3.05, 3.63) is 0 Å². The van der Waals surface area contributed by atoms with E-state index in [1.54, 1.807) is 0 Å². The Hall–Kier alpha value is -1.10. The average molecular weight is 484 g/mol. The molecule has 0 aromatic carbocycles. The maximum Gasteiger partial charge on any atom is 0.306 e. The molecule has 0 aliphatic rings. The summed E-state index contributed by atoms with van der Waals surface area (Å²) in [4.78, 5) is 26.4. The van der Waals surface area contributed by atoms with Gasteiger partial charge in [-0.1, -0.05) is 84.5 Å². The van der Waals surface area contributed by atoms with Gasteiger partial charge in [0.05, 0.1) is 6.61 Å². The number of hydrogen-bond acceptors (Lipinski definition) is 5. The normalized spacial score (nSPS) is 12.1. The van der Waals surface area contributed by atoms with Crippen LogP contribution >= 0.6 is 0 Å².